The third kappa shape index (κ3) is 4.53. The van der Waals surface area contributed by atoms with Crippen LogP contribution in [0.4, 0.5) is 8.78 Å². The first-order valence-corrected chi connectivity index (χ1v) is 3.28. The van der Waals surface area contributed by atoms with Gasteiger partial charge in [0, 0.05) is 0 Å². The second-order valence-electron chi connectivity index (χ2n) is 1.24. The van der Waals surface area contributed by atoms with E-state index in [1.54, 1.807) is 0 Å². The molecule has 0 bridgehead atoms. The molecule has 0 amide bonds. The van der Waals surface area contributed by atoms with Gasteiger partial charge >= 0.3 is 39.7 Å². The minimum absolute atomic E-state index is 0. The van der Waals surface area contributed by atoms with Crippen LogP contribution in [-0.4, -0.2) is 59.5 Å². The Morgan fingerprint density at radius 2 is 1.60 bits per heavy atom. The molecule has 0 aliphatic heterocycles. The van der Waals surface area contributed by atoms with E-state index < -0.39 is 22.0 Å². The normalized spacial score (nSPS) is 17.2. The number of rotatable bonds is 2. The molecule has 10 heavy (non-hydrogen) atoms. The summed E-state index contributed by atoms with van der Waals surface area (Å²) in [5.74, 6) is 0. The summed E-state index contributed by atoms with van der Waals surface area (Å²) >= 11 is 0. The first kappa shape index (κ1) is 13.3. The van der Waals surface area contributed by atoms with Crippen molar-refractivity contribution in [1.82, 2.24) is 0 Å². The molecule has 0 aliphatic rings. The Kier molecular flexibility index (Phi) is 6.10. The van der Waals surface area contributed by atoms with E-state index in [1.807, 2.05) is 0 Å². The van der Waals surface area contributed by atoms with Crippen molar-refractivity contribution >= 4 is 39.7 Å². The SMILES string of the molecule is O=S(=O)(O)C(F)C(O)F.[NaH]. The zero-order chi connectivity index (χ0) is 7.65. The Morgan fingerprint density at radius 3 is 1.60 bits per heavy atom. The number of aliphatic hydroxyl groups excluding tert-OH is 1. The van der Waals surface area contributed by atoms with Crippen molar-refractivity contribution in [2.75, 3.05) is 0 Å². The van der Waals surface area contributed by atoms with Gasteiger partial charge in [0.2, 0.25) is 6.36 Å². The summed E-state index contributed by atoms with van der Waals surface area (Å²) in [6, 6.07) is 0. The molecule has 58 valence electrons. The molecule has 2 unspecified atom stereocenters. The molecule has 2 atom stereocenters. The number of hydrogen-bond donors (Lipinski definition) is 2. The van der Waals surface area contributed by atoms with Crippen molar-refractivity contribution in [2.24, 2.45) is 0 Å². The van der Waals surface area contributed by atoms with Crippen molar-refractivity contribution in [3.8, 4) is 0 Å². The van der Waals surface area contributed by atoms with Gasteiger partial charge in [0.05, 0.1) is 0 Å². The molecule has 0 aliphatic carbocycles. The molecule has 0 radical (unpaired) electrons. The number of hydrogen-bond acceptors (Lipinski definition) is 3. The van der Waals surface area contributed by atoms with Crippen LogP contribution in [-0.2, 0) is 10.1 Å². The third-order valence-electron chi connectivity index (χ3n) is 0.501. The Hall–Kier alpha value is 0.730. The van der Waals surface area contributed by atoms with Crippen molar-refractivity contribution < 1.29 is 26.9 Å². The van der Waals surface area contributed by atoms with Crippen molar-refractivity contribution in [3.05, 3.63) is 0 Å². The second kappa shape index (κ2) is 4.58. The first-order chi connectivity index (χ1) is 3.85. The zero-order valence-electron chi connectivity index (χ0n) is 4.03. The van der Waals surface area contributed by atoms with Gasteiger partial charge in [-0.25, -0.2) is 8.78 Å². The zero-order valence-corrected chi connectivity index (χ0v) is 4.85. The fourth-order valence-electron chi connectivity index (χ4n) is 0.142. The van der Waals surface area contributed by atoms with E-state index >= 15 is 0 Å². The van der Waals surface area contributed by atoms with Crippen molar-refractivity contribution in [1.29, 1.82) is 0 Å². The van der Waals surface area contributed by atoms with Crippen molar-refractivity contribution in [2.45, 2.75) is 11.9 Å². The molecule has 0 spiro atoms. The van der Waals surface area contributed by atoms with Crippen LogP contribution in [0.1, 0.15) is 0 Å². The molecule has 2 N–H and O–H groups in total. The molecule has 0 aromatic carbocycles. The van der Waals surface area contributed by atoms with Crippen LogP contribution in [0.25, 0.3) is 0 Å². The van der Waals surface area contributed by atoms with E-state index in [1.165, 1.54) is 0 Å². The molecule has 0 fully saturated rings. The third-order valence-corrected chi connectivity index (χ3v) is 1.29. The van der Waals surface area contributed by atoms with Crippen LogP contribution in [0, 0.1) is 0 Å². The van der Waals surface area contributed by atoms with E-state index in [0.717, 1.165) is 0 Å². The van der Waals surface area contributed by atoms with Gasteiger partial charge in [-0.05, 0) is 0 Å². The Labute approximate surface area is 78.3 Å². The van der Waals surface area contributed by atoms with Gasteiger partial charge in [-0.2, -0.15) is 8.42 Å². The van der Waals surface area contributed by atoms with E-state index in [0.29, 0.717) is 0 Å². The number of halogens is 2. The van der Waals surface area contributed by atoms with E-state index in [9.17, 15) is 17.2 Å². The van der Waals surface area contributed by atoms with Crippen LogP contribution in [0.5, 0.6) is 0 Å². The van der Waals surface area contributed by atoms with Gasteiger partial charge in [0.25, 0.3) is 5.50 Å². The summed E-state index contributed by atoms with van der Waals surface area (Å²) in [6.45, 7) is 0. The van der Waals surface area contributed by atoms with E-state index in [-0.39, 0.29) is 29.6 Å². The maximum atomic E-state index is 11.6. The summed E-state index contributed by atoms with van der Waals surface area (Å²) < 4.78 is 49.6. The molecular weight excluding hydrogens is 181 g/mol. The Bertz CT molecular complexity index is 178. The predicted octanol–water partition coefficient (Wildman–Crippen LogP) is -1.19. The van der Waals surface area contributed by atoms with E-state index in [4.69, 9.17) is 9.66 Å². The summed E-state index contributed by atoms with van der Waals surface area (Å²) in [7, 11) is -5.09. The average Bonchev–Trinajstić information content (AvgIpc) is 1.62. The topological polar surface area (TPSA) is 74.6 Å². The van der Waals surface area contributed by atoms with Crippen LogP contribution in [0.2, 0.25) is 0 Å². The van der Waals surface area contributed by atoms with Gasteiger partial charge in [0.1, 0.15) is 0 Å². The minimum atomic E-state index is -5.09. The monoisotopic (exact) mass is 186 g/mol. The van der Waals surface area contributed by atoms with Gasteiger partial charge in [-0.3, -0.25) is 4.55 Å². The predicted molar refractivity (Wildman–Crippen MR) is 30.7 cm³/mol. The number of alkyl halides is 2. The van der Waals surface area contributed by atoms with Gasteiger partial charge in [-0.15, -0.1) is 0 Å². The second-order valence-corrected chi connectivity index (χ2v) is 2.72. The van der Waals surface area contributed by atoms with Crippen LogP contribution < -0.4 is 0 Å². The fourth-order valence-corrected chi connectivity index (χ4v) is 0.426. The molecule has 0 heterocycles. The Morgan fingerprint density at radius 1 is 1.30 bits per heavy atom. The summed E-state index contributed by atoms with van der Waals surface area (Å²) in [4.78, 5) is 0. The molecule has 0 rings (SSSR count). The average molecular weight is 186 g/mol. The van der Waals surface area contributed by atoms with E-state index in [2.05, 4.69) is 0 Å². The summed E-state index contributed by atoms with van der Waals surface area (Å²) in [5.41, 5.74) is -3.27. The molecule has 0 saturated heterocycles. The summed E-state index contributed by atoms with van der Waals surface area (Å²) in [6.07, 6.45) is -3.19. The molecule has 0 saturated carbocycles. The van der Waals surface area contributed by atoms with Crippen LogP contribution >= 0.6 is 0 Å². The first-order valence-electron chi connectivity index (χ1n) is 1.78. The van der Waals surface area contributed by atoms with Crippen LogP contribution in [0.15, 0.2) is 0 Å². The van der Waals surface area contributed by atoms with Gasteiger partial charge < -0.3 is 5.11 Å². The maximum absolute atomic E-state index is 11.6. The molecular formula is C2H5F2NaO4S. The molecule has 4 nitrogen and oxygen atoms in total. The molecule has 0 aromatic rings. The standard InChI is InChI=1S/C2H4F2O4S.Na.H/c3-1(5)2(4)9(6,7)8;;/h1-2,5H,(H,6,7,8);;. The number of aliphatic hydroxyl groups is 1. The van der Waals surface area contributed by atoms with Gasteiger partial charge in [-0.1, -0.05) is 0 Å². The van der Waals surface area contributed by atoms with Gasteiger partial charge in [0.15, 0.2) is 0 Å². The Balaban J connectivity index is 0. The molecule has 0 aromatic heterocycles. The quantitative estimate of drug-likeness (QED) is 0.420. The summed E-state index contributed by atoms with van der Waals surface area (Å²) in [5, 5.41) is 7.58. The fraction of sp³-hybridized carbons (Fsp3) is 1.00. The van der Waals surface area contributed by atoms with Crippen molar-refractivity contribution in [3.63, 3.8) is 0 Å². The van der Waals surface area contributed by atoms with Crippen LogP contribution in [0.3, 0.4) is 0 Å². The molecule has 8 heteroatoms.